The van der Waals surface area contributed by atoms with Crippen molar-refractivity contribution in [3.63, 3.8) is 0 Å². The van der Waals surface area contributed by atoms with Crippen molar-refractivity contribution in [3.8, 4) is 5.69 Å². The lowest BCUT2D eigenvalue weighted by atomic mass is 9.45. The fourth-order valence-electron chi connectivity index (χ4n) is 8.22. The van der Waals surface area contributed by atoms with E-state index in [0.29, 0.717) is 0 Å². The van der Waals surface area contributed by atoms with Crippen molar-refractivity contribution in [2.45, 2.75) is 71.6 Å². The molecule has 44 heavy (non-hydrogen) atoms. The van der Waals surface area contributed by atoms with Gasteiger partial charge in [0.2, 0.25) is 0 Å². The van der Waals surface area contributed by atoms with Crippen LogP contribution in [-0.2, 0) is 16.2 Å². The summed E-state index contributed by atoms with van der Waals surface area (Å²) >= 11 is 0. The minimum absolute atomic E-state index is 0.00677. The number of para-hydroxylation sites is 5. The minimum Gasteiger partial charge on any atom is -0.376 e. The summed E-state index contributed by atoms with van der Waals surface area (Å²) < 4.78 is 2.52. The summed E-state index contributed by atoms with van der Waals surface area (Å²) in [6.07, 6.45) is 0. The van der Waals surface area contributed by atoms with Gasteiger partial charge in [-0.15, -0.1) is 0 Å². The van der Waals surface area contributed by atoms with Crippen molar-refractivity contribution < 1.29 is 0 Å². The molecule has 0 spiro atoms. The lowest BCUT2D eigenvalue weighted by Gasteiger charge is -2.49. The first-order valence-corrected chi connectivity index (χ1v) is 16.1. The van der Waals surface area contributed by atoms with Gasteiger partial charge >= 0.3 is 6.85 Å². The van der Waals surface area contributed by atoms with E-state index in [0.717, 1.165) is 0 Å². The Morgan fingerprint density at radius 3 is 1.70 bits per heavy atom. The van der Waals surface area contributed by atoms with Crippen LogP contribution in [0.4, 0.5) is 11.4 Å². The van der Waals surface area contributed by atoms with Crippen LogP contribution in [0, 0.1) is 0 Å². The number of nitrogens with zero attached hydrogens (tertiary/aromatic N) is 2. The maximum atomic E-state index is 2.77. The van der Waals surface area contributed by atoms with Crippen molar-refractivity contribution >= 4 is 51.0 Å². The summed E-state index contributed by atoms with van der Waals surface area (Å²) in [5.41, 5.74) is 14.7. The standard InChI is InChI=1S/C41H41BN2/c1-39(2,3)28-18-14-20-30-37(28)44(38-29(40(4,5)6)19-15-21-31(38)41(30,7)8)42-32-22-10-12-25-35(32)43-34-24-11-9-16-26(34)27-17-13-23-33(42)36(27)43/h9-25H,1-8H3. The second-order valence-electron chi connectivity index (χ2n) is 15.5. The van der Waals surface area contributed by atoms with Crippen LogP contribution in [0.15, 0.2) is 103 Å². The van der Waals surface area contributed by atoms with E-state index in [4.69, 9.17) is 0 Å². The number of rotatable bonds is 1. The number of anilines is 2. The molecule has 1 aromatic heterocycles. The molecular weight excluding hydrogens is 531 g/mol. The average molecular weight is 573 g/mol. The summed E-state index contributed by atoms with van der Waals surface area (Å²) in [5, 5.41) is 2.63. The topological polar surface area (TPSA) is 8.17 Å². The Kier molecular flexibility index (Phi) is 5.53. The molecule has 2 aliphatic rings. The number of benzene rings is 5. The van der Waals surface area contributed by atoms with E-state index >= 15 is 0 Å². The Morgan fingerprint density at radius 1 is 0.545 bits per heavy atom. The summed E-state index contributed by atoms with van der Waals surface area (Å²) in [4.78, 5) is 2.77. The summed E-state index contributed by atoms with van der Waals surface area (Å²) in [5.74, 6) is 0. The quantitative estimate of drug-likeness (QED) is 0.178. The highest BCUT2D eigenvalue weighted by molar-refractivity contribution is 6.92. The Bertz CT molecular complexity index is 2070. The Balaban J connectivity index is 1.58. The van der Waals surface area contributed by atoms with Crippen LogP contribution in [0.3, 0.4) is 0 Å². The Labute approximate surface area is 262 Å². The first-order valence-electron chi connectivity index (χ1n) is 16.1. The monoisotopic (exact) mass is 572 g/mol. The molecule has 6 aromatic rings. The van der Waals surface area contributed by atoms with E-state index in [2.05, 4.69) is 168 Å². The highest BCUT2D eigenvalue weighted by atomic mass is 15.1. The van der Waals surface area contributed by atoms with E-state index in [-0.39, 0.29) is 23.1 Å². The molecule has 2 nitrogen and oxygen atoms in total. The molecule has 3 heteroatoms. The molecule has 0 atom stereocenters. The fraction of sp³-hybridized carbons (Fsp3) is 0.268. The zero-order valence-electron chi connectivity index (χ0n) is 27.3. The fourth-order valence-corrected chi connectivity index (χ4v) is 8.22. The van der Waals surface area contributed by atoms with Crippen LogP contribution < -0.4 is 15.7 Å². The van der Waals surface area contributed by atoms with Crippen LogP contribution in [-0.4, -0.2) is 11.4 Å². The molecule has 0 fully saturated rings. The smallest absolute Gasteiger partial charge is 0.332 e. The lowest BCUT2D eigenvalue weighted by molar-refractivity contribution is 0.569. The number of aromatic nitrogens is 1. The van der Waals surface area contributed by atoms with Gasteiger partial charge < -0.3 is 9.38 Å². The molecule has 3 heterocycles. The summed E-state index contributed by atoms with van der Waals surface area (Å²) in [6.45, 7) is 19.1. The maximum absolute atomic E-state index is 2.77. The van der Waals surface area contributed by atoms with Crippen LogP contribution >= 0.6 is 0 Å². The van der Waals surface area contributed by atoms with Gasteiger partial charge in [0.25, 0.3) is 0 Å². The van der Waals surface area contributed by atoms with Crippen molar-refractivity contribution in [1.82, 2.24) is 4.57 Å². The van der Waals surface area contributed by atoms with Gasteiger partial charge in [-0.25, -0.2) is 0 Å². The molecule has 0 radical (unpaired) electrons. The minimum atomic E-state index is -0.154. The Hall–Kier alpha value is -4.24. The van der Waals surface area contributed by atoms with E-state index in [1.165, 1.54) is 72.0 Å². The predicted molar refractivity (Wildman–Crippen MR) is 190 cm³/mol. The molecule has 0 aliphatic carbocycles. The van der Waals surface area contributed by atoms with E-state index in [1.807, 2.05) is 0 Å². The van der Waals surface area contributed by atoms with Gasteiger partial charge in [-0.1, -0.05) is 146 Å². The second kappa shape index (κ2) is 8.91. The highest BCUT2D eigenvalue weighted by Crippen LogP contribution is 2.55. The number of fused-ring (bicyclic) bond motifs is 7. The van der Waals surface area contributed by atoms with Gasteiger partial charge in [-0.3, -0.25) is 0 Å². The van der Waals surface area contributed by atoms with E-state index in [9.17, 15) is 0 Å². The van der Waals surface area contributed by atoms with Gasteiger partial charge in [0.15, 0.2) is 0 Å². The van der Waals surface area contributed by atoms with Crippen molar-refractivity contribution in [2.24, 2.45) is 0 Å². The third-order valence-corrected chi connectivity index (χ3v) is 10.3. The zero-order chi connectivity index (χ0) is 30.8. The SMILES string of the molecule is CC(C)(C)c1cccc2c1N(B1c3ccccc3-n3c4ccccc4c4cccc1c43)c1c(C(C)(C)C)cccc1C2(C)C. The third kappa shape index (κ3) is 3.56. The van der Waals surface area contributed by atoms with Crippen molar-refractivity contribution in [2.75, 3.05) is 4.81 Å². The molecule has 218 valence electrons. The number of hydrogen-bond acceptors (Lipinski definition) is 1. The zero-order valence-corrected chi connectivity index (χ0v) is 27.3. The van der Waals surface area contributed by atoms with Gasteiger partial charge in [-0.05, 0) is 56.1 Å². The highest BCUT2D eigenvalue weighted by Gasteiger charge is 2.47. The average Bonchev–Trinajstić information content (AvgIpc) is 3.33. The largest absolute Gasteiger partial charge is 0.376 e. The molecule has 2 aliphatic heterocycles. The second-order valence-corrected chi connectivity index (χ2v) is 15.5. The predicted octanol–water partition coefficient (Wildman–Crippen LogP) is 9.28. The lowest BCUT2D eigenvalue weighted by Crippen LogP contribution is -2.60. The van der Waals surface area contributed by atoms with Crippen LogP contribution in [0.1, 0.15) is 77.6 Å². The molecule has 0 saturated heterocycles. The maximum Gasteiger partial charge on any atom is 0.332 e. The molecule has 8 rings (SSSR count). The van der Waals surface area contributed by atoms with E-state index in [1.54, 1.807) is 0 Å². The van der Waals surface area contributed by atoms with Gasteiger partial charge in [0.1, 0.15) is 0 Å². The van der Waals surface area contributed by atoms with Gasteiger partial charge in [0, 0.05) is 33.2 Å². The van der Waals surface area contributed by atoms with Gasteiger partial charge in [0.05, 0.1) is 11.0 Å². The van der Waals surface area contributed by atoms with E-state index < -0.39 is 0 Å². The first kappa shape index (κ1) is 27.3. The first-order chi connectivity index (χ1) is 20.9. The molecule has 0 unspecified atom stereocenters. The normalized spacial score (nSPS) is 15.4. The van der Waals surface area contributed by atoms with Crippen LogP contribution in [0.2, 0.25) is 0 Å². The molecule has 0 saturated carbocycles. The van der Waals surface area contributed by atoms with Crippen molar-refractivity contribution in [1.29, 1.82) is 0 Å². The Morgan fingerprint density at radius 2 is 1.07 bits per heavy atom. The van der Waals surface area contributed by atoms with Gasteiger partial charge in [-0.2, -0.15) is 0 Å². The molecule has 0 amide bonds. The molecule has 0 N–H and O–H groups in total. The van der Waals surface area contributed by atoms with Crippen LogP contribution in [0.5, 0.6) is 0 Å². The molecule has 0 bridgehead atoms. The third-order valence-electron chi connectivity index (χ3n) is 10.3. The summed E-state index contributed by atoms with van der Waals surface area (Å²) in [6, 6.07) is 39.1. The number of hydrogen-bond donors (Lipinski definition) is 0. The molecule has 5 aromatic carbocycles. The van der Waals surface area contributed by atoms with Crippen LogP contribution in [0.25, 0.3) is 27.5 Å². The summed E-state index contributed by atoms with van der Waals surface area (Å²) in [7, 11) is 0. The van der Waals surface area contributed by atoms with Crippen molar-refractivity contribution in [3.05, 3.63) is 125 Å². The molecular formula is C41H41BN2.